The molecule has 1 aromatic carbocycles. The van der Waals surface area contributed by atoms with E-state index in [4.69, 9.17) is 5.73 Å². The van der Waals surface area contributed by atoms with Gasteiger partial charge in [0, 0.05) is 11.7 Å². The minimum absolute atomic E-state index is 0.0414. The third kappa shape index (κ3) is 5.75. The van der Waals surface area contributed by atoms with Gasteiger partial charge in [0.25, 0.3) is 0 Å². The molecule has 142 valence electrons. The van der Waals surface area contributed by atoms with E-state index in [0.29, 0.717) is 24.1 Å². The normalized spacial score (nSPS) is 20.3. The van der Waals surface area contributed by atoms with Crippen molar-refractivity contribution in [2.75, 3.05) is 5.32 Å². The molecule has 4 N–H and O–H groups in total. The van der Waals surface area contributed by atoms with Crippen molar-refractivity contribution in [3.8, 4) is 0 Å². The lowest BCUT2D eigenvalue weighted by Crippen LogP contribution is -2.45. The summed E-state index contributed by atoms with van der Waals surface area (Å²) in [5.74, 6) is -3.88. The van der Waals surface area contributed by atoms with Crippen LogP contribution in [0, 0.1) is 5.92 Å². The smallest absolute Gasteiger partial charge is 0.369 e. The number of benzene rings is 1. The average Bonchev–Trinajstić information content (AvgIpc) is 2.55. The summed E-state index contributed by atoms with van der Waals surface area (Å²) < 4.78 is 38.4. The summed E-state index contributed by atoms with van der Waals surface area (Å²) in [4.78, 5) is 34.7. The Morgan fingerprint density at radius 3 is 2.31 bits per heavy atom. The summed E-state index contributed by atoms with van der Waals surface area (Å²) in [7, 11) is 0. The van der Waals surface area contributed by atoms with Crippen molar-refractivity contribution >= 4 is 23.4 Å². The SMILES string of the molecule is NC(=O)Cc1ccc(NC(=O)C(=O)NC2CCCC(C(F)(F)F)C2)cc1. The third-order valence-corrected chi connectivity index (χ3v) is 4.27. The predicted molar refractivity (Wildman–Crippen MR) is 87.9 cm³/mol. The van der Waals surface area contributed by atoms with Gasteiger partial charge < -0.3 is 16.4 Å². The first kappa shape index (κ1) is 19.7. The van der Waals surface area contributed by atoms with Crippen LogP contribution in [0.15, 0.2) is 24.3 Å². The number of primary amides is 1. The van der Waals surface area contributed by atoms with E-state index >= 15 is 0 Å². The fraction of sp³-hybridized carbons (Fsp3) is 0.471. The van der Waals surface area contributed by atoms with Gasteiger partial charge in [-0.2, -0.15) is 13.2 Å². The summed E-state index contributed by atoms with van der Waals surface area (Å²) in [6.07, 6.45) is -3.66. The molecule has 1 aromatic rings. The minimum atomic E-state index is -4.29. The summed E-state index contributed by atoms with van der Waals surface area (Å²) in [6, 6.07) is 5.49. The Kier molecular flexibility index (Phi) is 6.23. The Balaban J connectivity index is 1.87. The van der Waals surface area contributed by atoms with E-state index in [0.717, 1.165) is 0 Å². The molecule has 0 aliphatic heterocycles. The minimum Gasteiger partial charge on any atom is -0.369 e. The van der Waals surface area contributed by atoms with Gasteiger partial charge in [-0.05, 0) is 37.0 Å². The molecule has 0 saturated heterocycles. The second-order valence-corrected chi connectivity index (χ2v) is 6.37. The molecule has 1 aliphatic rings. The second-order valence-electron chi connectivity index (χ2n) is 6.37. The van der Waals surface area contributed by atoms with Crippen molar-refractivity contribution in [2.45, 2.75) is 44.3 Å². The van der Waals surface area contributed by atoms with Crippen LogP contribution in [0.4, 0.5) is 18.9 Å². The van der Waals surface area contributed by atoms with Gasteiger partial charge in [-0.25, -0.2) is 0 Å². The molecule has 0 bridgehead atoms. The largest absolute Gasteiger partial charge is 0.391 e. The Morgan fingerprint density at radius 1 is 1.08 bits per heavy atom. The van der Waals surface area contributed by atoms with Gasteiger partial charge in [0.05, 0.1) is 12.3 Å². The molecule has 0 radical (unpaired) electrons. The molecule has 2 unspecified atom stereocenters. The van der Waals surface area contributed by atoms with Crippen LogP contribution in [0.25, 0.3) is 0 Å². The quantitative estimate of drug-likeness (QED) is 0.705. The van der Waals surface area contributed by atoms with E-state index in [2.05, 4.69) is 10.6 Å². The molecular weight excluding hydrogens is 351 g/mol. The van der Waals surface area contributed by atoms with Crippen LogP contribution in [-0.2, 0) is 20.8 Å². The lowest BCUT2D eigenvalue weighted by Gasteiger charge is -2.30. The van der Waals surface area contributed by atoms with Crippen molar-refractivity contribution in [3.63, 3.8) is 0 Å². The standard InChI is InChI=1S/C17H20F3N3O3/c18-17(19,20)11-2-1-3-13(9-11)23-16(26)15(25)22-12-6-4-10(5-7-12)8-14(21)24/h4-7,11,13H,1-3,8-9H2,(H2,21,24)(H,22,25)(H,23,26). The van der Waals surface area contributed by atoms with Crippen LogP contribution in [0.5, 0.6) is 0 Å². The van der Waals surface area contributed by atoms with Crippen LogP contribution in [0.3, 0.4) is 0 Å². The molecule has 3 amide bonds. The van der Waals surface area contributed by atoms with Crippen molar-refractivity contribution in [2.24, 2.45) is 11.7 Å². The topological polar surface area (TPSA) is 101 Å². The fourth-order valence-corrected chi connectivity index (χ4v) is 2.96. The lowest BCUT2D eigenvalue weighted by molar-refractivity contribution is -0.184. The van der Waals surface area contributed by atoms with Crippen molar-refractivity contribution in [1.29, 1.82) is 0 Å². The molecule has 0 spiro atoms. The maximum absolute atomic E-state index is 12.8. The molecule has 2 atom stereocenters. The number of rotatable bonds is 4. The van der Waals surface area contributed by atoms with Crippen LogP contribution >= 0.6 is 0 Å². The molecule has 1 saturated carbocycles. The molecule has 1 aliphatic carbocycles. The third-order valence-electron chi connectivity index (χ3n) is 4.27. The number of nitrogens with one attached hydrogen (secondary N) is 2. The molecule has 26 heavy (non-hydrogen) atoms. The zero-order valence-electron chi connectivity index (χ0n) is 13.9. The Morgan fingerprint density at radius 2 is 1.73 bits per heavy atom. The number of carbonyl (C=O) groups excluding carboxylic acids is 3. The highest BCUT2D eigenvalue weighted by Gasteiger charge is 2.42. The molecule has 0 heterocycles. The highest BCUT2D eigenvalue weighted by molar-refractivity contribution is 6.39. The highest BCUT2D eigenvalue weighted by Crippen LogP contribution is 2.37. The number of anilines is 1. The van der Waals surface area contributed by atoms with E-state index in [1.165, 1.54) is 12.1 Å². The molecular formula is C17H20F3N3O3. The van der Waals surface area contributed by atoms with E-state index in [9.17, 15) is 27.6 Å². The number of hydrogen-bond donors (Lipinski definition) is 3. The van der Waals surface area contributed by atoms with Gasteiger partial charge in [0.2, 0.25) is 5.91 Å². The Hall–Kier alpha value is -2.58. The second kappa shape index (κ2) is 8.20. The van der Waals surface area contributed by atoms with Crippen molar-refractivity contribution in [1.82, 2.24) is 5.32 Å². The molecule has 1 fully saturated rings. The summed E-state index contributed by atoms with van der Waals surface area (Å²) in [6.45, 7) is 0. The molecule has 6 nitrogen and oxygen atoms in total. The van der Waals surface area contributed by atoms with E-state index in [-0.39, 0.29) is 19.3 Å². The van der Waals surface area contributed by atoms with Crippen LogP contribution < -0.4 is 16.4 Å². The van der Waals surface area contributed by atoms with Gasteiger partial charge in [0.1, 0.15) is 0 Å². The first-order chi connectivity index (χ1) is 12.1. The predicted octanol–water partition coefficient (Wildman–Crippen LogP) is 1.89. The Labute approximate surface area is 148 Å². The zero-order valence-corrected chi connectivity index (χ0v) is 13.9. The average molecular weight is 371 g/mol. The maximum atomic E-state index is 12.8. The number of nitrogens with two attached hydrogens (primary N) is 1. The fourth-order valence-electron chi connectivity index (χ4n) is 2.96. The van der Waals surface area contributed by atoms with Gasteiger partial charge in [0.15, 0.2) is 0 Å². The highest BCUT2D eigenvalue weighted by atomic mass is 19.4. The summed E-state index contributed by atoms with van der Waals surface area (Å²) in [5, 5.41) is 4.73. The number of hydrogen-bond acceptors (Lipinski definition) is 3. The number of amides is 3. The van der Waals surface area contributed by atoms with E-state index in [1.807, 2.05) is 0 Å². The lowest BCUT2D eigenvalue weighted by atomic mass is 9.85. The number of carbonyl (C=O) groups is 3. The van der Waals surface area contributed by atoms with Crippen LogP contribution in [0.2, 0.25) is 0 Å². The van der Waals surface area contributed by atoms with Crippen molar-refractivity contribution in [3.05, 3.63) is 29.8 Å². The van der Waals surface area contributed by atoms with Gasteiger partial charge in [-0.1, -0.05) is 18.6 Å². The first-order valence-corrected chi connectivity index (χ1v) is 8.21. The molecule has 9 heteroatoms. The van der Waals surface area contributed by atoms with E-state index in [1.54, 1.807) is 12.1 Å². The van der Waals surface area contributed by atoms with Crippen LogP contribution in [0.1, 0.15) is 31.2 Å². The van der Waals surface area contributed by atoms with Gasteiger partial charge >= 0.3 is 18.0 Å². The molecule has 2 rings (SSSR count). The number of halogens is 3. The van der Waals surface area contributed by atoms with Gasteiger partial charge in [-0.15, -0.1) is 0 Å². The van der Waals surface area contributed by atoms with E-state index < -0.39 is 35.9 Å². The molecule has 0 aromatic heterocycles. The van der Waals surface area contributed by atoms with Crippen LogP contribution in [-0.4, -0.2) is 29.9 Å². The maximum Gasteiger partial charge on any atom is 0.391 e. The first-order valence-electron chi connectivity index (χ1n) is 8.21. The zero-order chi connectivity index (χ0) is 19.3. The van der Waals surface area contributed by atoms with Gasteiger partial charge in [-0.3, -0.25) is 14.4 Å². The summed E-state index contributed by atoms with van der Waals surface area (Å²) >= 11 is 0. The monoisotopic (exact) mass is 371 g/mol. The number of alkyl halides is 3. The summed E-state index contributed by atoms with van der Waals surface area (Å²) in [5.41, 5.74) is 6.06. The van der Waals surface area contributed by atoms with Crippen molar-refractivity contribution < 1.29 is 27.6 Å². The Bertz CT molecular complexity index is 674.